The Kier molecular flexibility index (Phi) is 3.72. The van der Waals surface area contributed by atoms with Crippen LogP contribution in [0.2, 0.25) is 0 Å². The standard InChI is InChI=1S/C13H13NO4/c1-2-17-13(16)12-7-11(14-18-12)10-5-3-9(8-15)4-6-10/h3-6,8,12H,2,7H2,1H3. The van der Waals surface area contributed by atoms with Gasteiger partial charge in [-0.2, -0.15) is 0 Å². The molecule has 0 saturated carbocycles. The van der Waals surface area contributed by atoms with Crippen molar-refractivity contribution in [2.75, 3.05) is 6.61 Å². The van der Waals surface area contributed by atoms with Gasteiger partial charge in [-0.25, -0.2) is 4.79 Å². The molecular weight excluding hydrogens is 234 g/mol. The van der Waals surface area contributed by atoms with Gasteiger partial charge in [-0.05, 0) is 12.5 Å². The van der Waals surface area contributed by atoms with E-state index in [1.165, 1.54) is 0 Å². The summed E-state index contributed by atoms with van der Waals surface area (Å²) in [6.07, 6.45) is 0.503. The van der Waals surface area contributed by atoms with E-state index in [0.717, 1.165) is 11.8 Å². The lowest BCUT2D eigenvalue weighted by Gasteiger charge is -2.06. The van der Waals surface area contributed by atoms with Crippen LogP contribution in [0.5, 0.6) is 0 Å². The van der Waals surface area contributed by atoms with E-state index < -0.39 is 12.1 Å². The average Bonchev–Trinajstić information content (AvgIpc) is 2.89. The number of ether oxygens (including phenoxy) is 1. The van der Waals surface area contributed by atoms with E-state index in [4.69, 9.17) is 9.57 Å². The molecule has 0 amide bonds. The van der Waals surface area contributed by atoms with Crippen molar-refractivity contribution < 1.29 is 19.2 Å². The number of hydrogen-bond donors (Lipinski definition) is 0. The van der Waals surface area contributed by atoms with Crippen molar-refractivity contribution in [3.05, 3.63) is 35.4 Å². The van der Waals surface area contributed by atoms with Crippen molar-refractivity contribution >= 4 is 18.0 Å². The van der Waals surface area contributed by atoms with E-state index in [0.29, 0.717) is 24.3 Å². The Balaban J connectivity index is 2.03. The monoisotopic (exact) mass is 247 g/mol. The second-order valence-corrected chi connectivity index (χ2v) is 3.83. The summed E-state index contributed by atoms with van der Waals surface area (Å²) in [6, 6.07) is 6.95. The fourth-order valence-electron chi connectivity index (χ4n) is 1.66. The van der Waals surface area contributed by atoms with Crippen molar-refractivity contribution in [2.24, 2.45) is 5.16 Å². The van der Waals surface area contributed by atoms with Crippen LogP contribution in [0.4, 0.5) is 0 Å². The second-order valence-electron chi connectivity index (χ2n) is 3.83. The zero-order valence-electron chi connectivity index (χ0n) is 9.96. The summed E-state index contributed by atoms with van der Waals surface area (Å²) in [5.41, 5.74) is 2.12. The van der Waals surface area contributed by atoms with Gasteiger partial charge in [-0.3, -0.25) is 4.79 Å². The molecule has 1 atom stereocenters. The summed E-state index contributed by atoms with van der Waals surface area (Å²) < 4.78 is 4.86. The minimum Gasteiger partial charge on any atom is -0.463 e. The van der Waals surface area contributed by atoms with Crippen LogP contribution in [0.25, 0.3) is 0 Å². The van der Waals surface area contributed by atoms with E-state index in [9.17, 15) is 9.59 Å². The zero-order chi connectivity index (χ0) is 13.0. The Morgan fingerprint density at radius 1 is 1.50 bits per heavy atom. The largest absolute Gasteiger partial charge is 0.463 e. The van der Waals surface area contributed by atoms with E-state index in [2.05, 4.69) is 5.16 Å². The molecule has 5 nitrogen and oxygen atoms in total. The van der Waals surface area contributed by atoms with Gasteiger partial charge in [-0.1, -0.05) is 29.4 Å². The Morgan fingerprint density at radius 2 is 2.22 bits per heavy atom. The topological polar surface area (TPSA) is 65.0 Å². The minimum atomic E-state index is -0.661. The summed E-state index contributed by atoms with van der Waals surface area (Å²) in [5.74, 6) is -0.402. The molecule has 1 heterocycles. The quantitative estimate of drug-likeness (QED) is 0.598. The minimum absolute atomic E-state index is 0.321. The van der Waals surface area contributed by atoms with Gasteiger partial charge in [0.25, 0.3) is 0 Å². The van der Waals surface area contributed by atoms with Crippen molar-refractivity contribution in [3.63, 3.8) is 0 Å². The van der Waals surface area contributed by atoms with E-state index in [-0.39, 0.29) is 0 Å². The third kappa shape index (κ3) is 2.56. The number of rotatable bonds is 4. The SMILES string of the molecule is CCOC(=O)C1CC(c2ccc(C=O)cc2)=NO1. The van der Waals surface area contributed by atoms with Gasteiger partial charge >= 0.3 is 5.97 Å². The third-order valence-electron chi connectivity index (χ3n) is 2.60. The number of aldehydes is 1. The summed E-state index contributed by atoms with van der Waals surface area (Å²) in [4.78, 5) is 27.0. The zero-order valence-corrected chi connectivity index (χ0v) is 9.96. The lowest BCUT2D eigenvalue weighted by molar-refractivity contribution is -0.154. The maximum Gasteiger partial charge on any atom is 0.350 e. The number of carbonyl (C=O) groups is 2. The van der Waals surface area contributed by atoms with E-state index >= 15 is 0 Å². The first-order valence-corrected chi connectivity index (χ1v) is 5.69. The highest BCUT2D eigenvalue weighted by Gasteiger charge is 2.29. The molecule has 0 saturated heterocycles. The Bertz CT molecular complexity index is 478. The summed E-state index contributed by atoms with van der Waals surface area (Å²) in [5, 5.41) is 3.87. The molecule has 0 radical (unpaired) electrons. The van der Waals surface area contributed by atoms with Crippen molar-refractivity contribution in [3.8, 4) is 0 Å². The molecule has 1 unspecified atom stereocenters. The van der Waals surface area contributed by atoms with Crippen LogP contribution in [0.1, 0.15) is 29.3 Å². The molecule has 0 fully saturated rings. The van der Waals surface area contributed by atoms with Crippen LogP contribution in [0.3, 0.4) is 0 Å². The molecule has 0 aromatic heterocycles. The molecule has 1 aliphatic rings. The van der Waals surface area contributed by atoms with Crippen LogP contribution in [-0.2, 0) is 14.4 Å². The number of nitrogens with zero attached hydrogens (tertiary/aromatic N) is 1. The molecule has 5 heteroatoms. The van der Waals surface area contributed by atoms with E-state index in [1.54, 1.807) is 31.2 Å². The highest BCUT2D eigenvalue weighted by Crippen LogP contribution is 2.18. The number of carbonyl (C=O) groups excluding carboxylic acids is 2. The summed E-state index contributed by atoms with van der Waals surface area (Å²) >= 11 is 0. The highest BCUT2D eigenvalue weighted by atomic mass is 16.7. The molecule has 1 aliphatic heterocycles. The molecular formula is C13H13NO4. The third-order valence-corrected chi connectivity index (χ3v) is 2.60. The maximum atomic E-state index is 11.5. The fraction of sp³-hybridized carbons (Fsp3) is 0.308. The second kappa shape index (κ2) is 5.44. The fourth-order valence-corrected chi connectivity index (χ4v) is 1.66. The van der Waals surface area contributed by atoms with Crippen molar-refractivity contribution in [2.45, 2.75) is 19.4 Å². The van der Waals surface area contributed by atoms with Gasteiger partial charge in [0.15, 0.2) is 0 Å². The first-order chi connectivity index (χ1) is 8.74. The molecule has 1 aromatic rings. The Labute approximate surface area is 104 Å². The number of hydrogen-bond acceptors (Lipinski definition) is 5. The smallest absolute Gasteiger partial charge is 0.350 e. The molecule has 1 aromatic carbocycles. The Hall–Kier alpha value is -2.17. The van der Waals surface area contributed by atoms with Crippen LogP contribution >= 0.6 is 0 Å². The van der Waals surface area contributed by atoms with E-state index in [1.807, 2.05) is 0 Å². The normalized spacial score (nSPS) is 17.8. The van der Waals surface area contributed by atoms with Crippen LogP contribution in [-0.4, -0.2) is 30.7 Å². The van der Waals surface area contributed by atoms with Crippen LogP contribution < -0.4 is 0 Å². The molecule has 0 bridgehead atoms. The first kappa shape index (κ1) is 12.3. The van der Waals surface area contributed by atoms with Gasteiger partial charge in [0.05, 0.1) is 12.3 Å². The number of esters is 1. The molecule has 0 spiro atoms. The van der Waals surface area contributed by atoms with Crippen molar-refractivity contribution in [1.29, 1.82) is 0 Å². The average molecular weight is 247 g/mol. The van der Waals surface area contributed by atoms with Crippen LogP contribution in [0, 0.1) is 0 Å². The first-order valence-electron chi connectivity index (χ1n) is 5.69. The van der Waals surface area contributed by atoms with Gasteiger partial charge in [-0.15, -0.1) is 0 Å². The lowest BCUT2D eigenvalue weighted by Crippen LogP contribution is -2.23. The number of oxime groups is 1. The molecule has 2 rings (SSSR count). The molecule has 94 valence electrons. The maximum absolute atomic E-state index is 11.5. The van der Waals surface area contributed by atoms with Gasteiger partial charge in [0, 0.05) is 12.0 Å². The predicted octanol–water partition coefficient (Wildman–Crippen LogP) is 1.56. The Morgan fingerprint density at radius 3 is 2.83 bits per heavy atom. The summed E-state index contributed by atoms with van der Waals surface area (Å²) in [7, 11) is 0. The van der Waals surface area contributed by atoms with Crippen molar-refractivity contribution in [1.82, 2.24) is 0 Å². The van der Waals surface area contributed by atoms with Gasteiger partial charge in [0.1, 0.15) is 6.29 Å². The predicted molar refractivity (Wildman–Crippen MR) is 64.5 cm³/mol. The molecule has 0 N–H and O–H groups in total. The molecule has 0 aliphatic carbocycles. The summed E-state index contributed by atoms with van der Waals surface area (Å²) in [6.45, 7) is 2.06. The highest BCUT2D eigenvalue weighted by molar-refractivity contribution is 6.03. The number of benzene rings is 1. The van der Waals surface area contributed by atoms with Crippen LogP contribution in [0.15, 0.2) is 29.4 Å². The van der Waals surface area contributed by atoms with Gasteiger partial charge < -0.3 is 9.57 Å². The molecule has 18 heavy (non-hydrogen) atoms. The lowest BCUT2D eigenvalue weighted by atomic mass is 10.0. The van der Waals surface area contributed by atoms with Gasteiger partial charge in [0.2, 0.25) is 6.10 Å².